The Morgan fingerprint density at radius 1 is 0.463 bits per heavy atom. The van der Waals surface area contributed by atoms with Crippen molar-refractivity contribution in [2.45, 2.75) is 81.9 Å². The molecule has 3 nitrogen and oxygen atoms in total. The van der Waals surface area contributed by atoms with Crippen LogP contribution in [-0.2, 0) is 26.2 Å². The van der Waals surface area contributed by atoms with Gasteiger partial charge in [-0.2, -0.15) is 0 Å². The smallest absolute Gasteiger partial charge is 0.158 e. The number of nitrogens with two attached hydrogens (primary N) is 1. The van der Waals surface area contributed by atoms with Gasteiger partial charge in [-0.15, -0.1) is 41.8 Å². The van der Waals surface area contributed by atoms with Crippen LogP contribution in [0.4, 0.5) is 11.4 Å². The predicted molar refractivity (Wildman–Crippen MR) is 175 cm³/mol. The Hall–Kier alpha value is -2.81. The van der Waals surface area contributed by atoms with Gasteiger partial charge in [-0.25, -0.2) is 0 Å². The fraction of sp³-hybridized carbons (Fsp3) is 0.324. The molecule has 4 heteroatoms. The maximum Gasteiger partial charge on any atom is 0.158 e. The molecule has 0 saturated heterocycles. The van der Waals surface area contributed by atoms with Gasteiger partial charge in [0, 0.05) is 37.6 Å². The molecule has 0 bridgehead atoms. The molecule has 4 N–H and O–H groups in total. The van der Waals surface area contributed by atoms with Gasteiger partial charge in [-0.3, -0.25) is 5.73 Å². The molecule has 41 heavy (non-hydrogen) atoms. The number of rotatable bonds is 6. The topological polar surface area (TPSA) is 50.1 Å². The van der Waals surface area contributed by atoms with Crippen LogP contribution in [0.2, 0.25) is 0 Å². The Bertz CT molecular complexity index is 1300. The quantitative estimate of drug-likeness (QED) is 0.148. The van der Waals surface area contributed by atoms with Crippen molar-refractivity contribution < 1.29 is 26.2 Å². The summed E-state index contributed by atoms with van der Waals surface area (Å²) >= 11 is 0. The zero-order valence-corrected chi connectivity index (χ0v) is 29.4. The first-order chi connectivity index (χ1) is 18.7. The molecule has 216 valence electrons. The van der Waals surface area contributed by atoms with Crippen LogP contribution < -0.4 is 16.4 Å². The molecule has 0 radical (unpaired) electrons. The average Bonchev–Trinajstić information content (AvgIpc) is 2.95. The normalized spacial score (nSPS) is 10.7. The zero-order chi connectivity index (χ0) is 29.8. The van der Waals surface area contributed by atoms with E-state index in [1.54, 1.807) is 0 Å². The van der Waals surface area contributed by atoms with Gasteiger partial charge in [0.2, 0.25) is 0 Å². The van der Waals surface area contributed by atoms with Gasteiger partial charge in [0.1, 0.15) is 0 Å². The second kappa shape index (κ2) is 14.4. The maximum atomic E-state index is 6.71. The van der Waals surface area contributed by atoms with Crippen LogP contribution in [0.15, 0.2) is 60.7 Å². The number of benzene rings is 4. The molecule has 0 saturated carbocycles. The van der Waals surface area contributed by atoms with Gasteiger partial charge in [0.15, 0.2) is 5.79 Å². The van der Waals surface area contributed by atoms with Crippen molar-refractivity contribution in [3.05, 3.63) is 134 Å². The Morgan fingerprint density at radius 2 is 0.707 bits per heavy atom. The second-order valence-corrected chi connectivity index (χ2v) is 11.4. The minimum atomic E-state index is -0.771. The first-order valence-electron chi connectivity index (χ1n) is 14.2. The zero-order valence-electron chi connectivity index (χ0n) is 26.9. The monoisotopic (exact) mass is 624 g/mol. The Morgan fingerprint density at radius 3 is 0.976 bits per heavy atom. The first kappa shape index (κ1) is 34.4. The van der Waals surface area contributed by atoms with E-state index < -0.39 is 5.79 Å². The van der Waals surface area contributed by atoms with Crippen LogP contribution >= 0.6 is 0 Å². The van der Waals surface area contributed by atoms with Gasteiger partial charge in [-0.1, -0.05) is 36.4 Å². The summed E-state index contributed by atoms with van der Waals surface area (Å²) in [6, 6.07) is 20.7. The standard InChI is InChI=1S/C24H37N3.C13H11.Zr/c1-12-14(3)18(7)22(19(8)15(12)4)26-24(11,25)27-23-20(9)16(5)13(2)17(6)21(23)10;1-3-7-12(8-4-1)11-13-9-5-2-6-10-13;/h26-27H,25H2,1-11H3;1-11H;/q;-1;. The minimum absolute atomic E-state index is 0. The van der Waals surface area contributed by atoms with Gasteiger partial charge < -0.3 is 10.6 Å². The van der Waals surface area contributed by atoms with Gasteiger partial charge >= 0.3 is 0 Å². The largest absolute Gasteiger partial charge is 0.350 e. The van der Waals surface area contributed by atoms with Crippen molar-refractivity contribution in [1.29, 1.82) is 0 Å². The third-order valence-electron chi connectivity index (χ3n) is 8.70. The molecule has 0 aliphatic heterocycles. The van der Waals surface area contributed by atoms with Gasteiger partial charge in [-0.05, 0) is 132 Å². The number of hydrogen-bond donors (Lipinski definition) is 3. The van der Waals surface area contributed by atoms with E-state index in [2.05, 4.69) is 135 Å². The summed E-state index contributed by atoms with van der Waals surface area (Å²) in [7, 11) is 0. The summed E-state index contributed by atoms with van der Waals surface area (Å²) in [4.78, 5) is 0. The molecule has 0 fully saturated rings. The molecule has 0 unspecified atom stereocenters. The van der Waals surface area contributed by atoms with Crippen molar-refractivity contribution in [1.82, 2.24) is 0 Å². The summed E-state index contributed by atoms with van der Waals surface area (Å²) in [5.74, 6) is -0.771. The maximum absolute atomic E-state index is 6.71. The van der Waals surface area contributed by atoms with E-state index in [0.29, 0.717) is 0 Å². The fourth-order valence-corrected chi connectivity index (χ4v) is 5.22. The minimum Gasteiger partial charge on any atom is -0.350 e. The van der Waals surface area contributed by atoms with Crippen LogP contribution in [0.5, 0.6) is 0 Å². The third-order valence-corrected chi connectivity index (χ3v) is 8.70. The number of anilines is 2. The van der Waals surface area contributed by atoms with E-state index in [-0.39, 0.29) is 26.2 Å². The second-order valence-electron chi connectivity index (χ2n) is 11.4. The van der Waals surface area contributed by atoms with Crippen LogP contribution in [0.3, 0.4) is 0 Å². The van der Waals surface area contributed by atoms with Gasteiger partial charge in [0.05, 0.1) is 0 Å². The third kappa shape index (κ3) is 8.15. The number of hydrogen-bond acceptors (Lipinski definition) is 3. The van der Waals surface area contributed by atoms with Crippen molar-refractivity contribution >= 4 is 11.4 Å². The summed E-state index contributed by atoms with van der Waals surface area (Å²) in [6.45, 7) is 23.8. The van der Waals surface area contributed by atoms with Crippen LogP contribution in [-0.4, -0.2) is 5.79 Å². The SMILES string of the molecule is Cc1c(C)c(C)c(NC(C)(N)Nc2c(C)c(C)c(C)c(C)c2C)c(C)c1C.[Zr].c1ccc([CH-]c2ccccc2)cc1. The molecular weight excluding hydrogens is 578 g/mol. The van der Waals surface area contributed by atoms with E-state index in [4.69, 9.17) is 5.73 Å². The first-order valence-corrected chi connectivity index (χ1v) is 14.2. The molecule has 0 heterocycles. The van der Waals surface area contributed by atoms with Crippen LogP contribution in [0.1, 0.15) is 73.7 Å². The van der Waals surface area contributed by atoms with Crippen molar-refractivity contribution in [2.24, 2.45) is 5.73 Å². The van der Waals surface area contributed by atoms with E-state index in [0.717, 1.165) is 11.4 Å². The molecule has 0 atom stereocenters. The van der Waals surface area contributed by atoms with Gasteiger partial charge in [0.25, 0.3) is 0 Å². The predicted octanol–water partition coefficient (Wildman–Crippen LogP) is 9.21. The molecule has 0 amide bonds. The van der Waals surface area contributed by atoms with E-state index in [1.807, 2.05) is 19.1 Å². The Labute approximate surface area is 268 Å². The molecule has 0 aliphatic carbocycles. The summed E-state index contributed by atoms with van der Waals surface area (Å²) < 4.78 is 0. The van der Waals surface area contributed by atoms with Crippen molar-refractivity contribution in [3.8, 4) is 0 Å². The summed E-state index contributed by atoms with van der Waals surface area (Å²) in [6.07, 6.45) is 2.17. The van der Waals surface area contributed by atoms with Crippen LogP contribution in [0, 0.1) is 75.7 Å². The molecule has 0 aliphatic rings. The molecule has 4 aromatic carbocycles. The van der Waals surface area contributed by atoms with E-state index in [9.17, 15) is 0 Å². The fourth-order valence-electron chi connectivity index (χ4n) is 5.22. The Kier molecular flexibility index (Phi) is 12.1. The summed E-state index contributed by atoms with van der Waals surface area (Å²) in [5, 5.41) is 7.17. The van der Waals surface area contributed by atoms with E-state index >= 15 is 0 Å². The molecule has 4 rings (SSSR count). The van der Waals surface area contributed by atoms with E-state index in [1.165, 1.54) is 66.8 Å². The van der Waals surface area contributed by atoms with Crippen molar-refractivity contribution in [3.63, 3.8) is 0 Å². The van der Waals surface area contributed by atoms with Crippen molar-refractivity contribution in [2.75, 3.05) is 10.6 Å². The molecule has 0 aromatic heterocycles. The number of nitrogens with one attached hydrogen (secondary N) is 2. The molecule has 0 spiro atoms. The molecule has 4 aromatic rings. The average molecular weight is 626 g/mol. The van der Waals surface area contributed by atoms with Crippen LogP contribution in [0.25, 0.3) is 0 Å². The molecular formula is C37H48N3Zr-. The summed E-state index contributed by atoms with van der Waals surface area (Å²) in [5.41, 5.74) is 24.5. The Balaban J connectivity index is 0.000000350.